The van der Waals surface area contributed by atoms with Crippen molar-refractivity contribution < 1.29 is 8.42 Å². The van der Waals surface area contributed by atoms with E-state index in [1.807, 2.05) is 0 Å². The summed E-state index contributed by atoms with van der Waals surface area (Å²) in [6, 6.07) is 7.05. The van der Waals surface area contributed by atoms with Gasteiger partial charge in [0.25, 0.3) is 0 Å². The smallest absolute Gasteiger partial charge is 0.215 e. The third-order valence-electron chi connectivity index (χ3n) is 3.73. The van der Waals surface area contributed by atoms with Gasteiger partial charge in [-0.1, -0.05) is 29.8 Å². The molecule has 1 N–H and O–H groups in total. The van der Waals surface area contributed by atoms with Gasteiger partial charge < -0.3 is 4.90 Å². The topological polar surface area (TPSA) is 49.4 Å². The minimum absolute atomic E-state index is 0.0563. The van der Waals surface area contributed by atoms with E-state index in [4.69, 9.17) is 11.6 Å². The Bertz CT molecular complexity index is 540. The maximum absolute atomic E-state index is 12.1. The predicted molar refractivity (Wildman–Crippen MR) is 82.3 cm³/mol. The lowest BCUT2D eigenvalue weighted by Gasteiger charge is -2.28. The third kappa shape index (κ3) is 4.74. The Morgan fingerprint density at radius 2 is 1.95 bits per heavy atom. The average molecular weight is 317 g/mol. The standard InChI is InChI=1S/C14H21ClN2O2S/c1-17-8-6-12(7-9-17)10-16-20(18,19)11-13-4-2-3-5-14(13)15/h2-5,12,16H,6-11H2,1H3. The zero-order valence-corrected chi connectivity index (χ0v) is 13.3. The molecule has 1 aliphatic heterocycles. The van der Waals surface area contributed by atoms with E-state index < -0.39 is 10.0 Å². The van der Waals surface area contributed by atoms with Gasteiger partial charge in [0.1, 0.15) is 0 Å². The average Bonchev–Trinajstić information content (AvgIpc) is 2.41. The van der Waals surface area contributed by atoms with Crippen LogP contribution in [0.4, 0.5) is 0 Å². The zero-order chi connectivity index (χ0) is 14.6. The predicted octanol–water partition coefficient (Wildman–Crippen LogP) is 2.10. The van der Waals surface area contributed by atoms with E-state index in [0.29, 0.717) is 23.0 Å². The molecule has 0 aromatic heterocycles. The van der Waals surface area contributed by atoms with Crippen LogP contribution in [-0.4, -0.2) is 40.0 Å². The molecule has 1 heterocycles. The van der Waals surface area contributed by atoms with Gasteiger partial charge in [-0.05, 0) is 50.5 Å². The van der Waals surface area contributed by atoms with E-state index in [-0.39, 0.29) is 5.75 Å². The molecule has 0 bridgehead atoms. The number of benzene rings is 1. The molecule has 2 rings (SSSR count). The number of halogens is 1. The second kappa shape index (κ2) is 6.89. The molecular weight excluding hydrogens is 296 g/mol. The Balaban J connectivity index is 1.87. The zero-order valence-electron chi connectivity index (χ0n) is 11.7. The number of likely N-dealkylation sites (tertiary alicyclic amines) is 1. The summed E-state index contributed by atoms with van der Waals surface area (Å²) in [5, 5.41) is 0.497. The van der Waals surface area contributed by atoms with Crippen LogP contribution in [0.25, 0.3) is 0 Å². The fourth-order valence-electron chi connectivity index (χ4n) is 2.38. The van der Waals surface area contributed by atoms with Crippen LogP contribution < -0.4 is 4.72 Å². The minimum atomic E-state index is -3.32. The molecule has 0 amide bonds. The molecule has 0 radical (unpaired) electrons. The molecule has 112 valence electrons. The van der Waals surface area contributed by atoms with Crippen LogP contribution in [-0.2, 0) is 15.8 Å². The molecule has 1 fully saturated rings. The fraction of sp³-hybridized carbons (Fsp3) is 0.571. The first kappa shape index (κ1) is 15.8. The van der Waals surface area contributed by atoms with E-state index in [2.05, 4.69) is 16.7 Å². The normalized spacial score (nSPS) is 18.3. The number of hydrogen-bond acceptors (Lipinski definition) is 3. The molecule has 6 heteroatoms. The van der Waals surface area contributed by atoms with E-state index in [0.717, 1.165) is 25.9 Å². The van der Waals surface area contributed by atoms with Crippen molar-refractivity contribution in [1.82, 2.24) is 9.62 Å². The summed E-state index contributed by atoms with van der Waals surface area (Å²) in [5.74, 6) is 0.381. The molecule has 0 spiro atoms. The van der Waals surface area contributed by atoms with Crippen molar-refractivity contribution in [2.24, 2.45) is 5.92 Å². The molecule has 1 saturated heterocycles. The molecule has 0 unspecified atom stereocenters. The molecule has 1 aliphatic rings. The van der Waals surface area contributed by atoms with Crippen LogP contribution in [0.5, 0.6) is 0 Å². The summed E-state index contributed by atoms with van der Waals surface area (Å²) in [6.45, 7) is 2.61. The van der Waals surface area contributed by atoms with Crippen molar-refractivity contribution in [3.05, 3.63) is 34.9 Å². The first-order chi connectivity index (χ1) is 9.46. The van der Waals surface area contributed by atoms with Crippen molar-refractivity contribution in [1.29, 1.82) is 0 Å². The minimum Gasteiger partial charge on any atom is -0.306 e. The maximum atomic E-state index is 12.1. The highest BCUT2D eigenvalue weighted by Gasteiger charge is 2.20. The molecule has 0 atom stereocenters. The third-order valence-corrected chi connectivity index (χ3v) is 5.40. The van der Waals surface area contributed by atoms with Gasteiger partial charge in [-0.15, -0.1) is 0 Å². The highest BCUT2D eigenvalue weighted by Crippen LogP contribution is 2.18. The van der Waals surface area contributed by atoms with Gasteiger partial charge in [0.05, 0.1) is 5.75 Å². The molecular formula is C14H21ClN2O2S. The van der Waals surface area contributed by atoms with Gasteiger partial charge in [-0.3, -0.25) is 0 Å². The number of nitrogens with zero attached hydrogens (tertiary/aromatic N) is 1. The van der Waals surface area contributed by atoms with E-state index in [9.17, 15) is 8.42 Å². The van der Waals surface area contributed by atoms with E-state index in [1.54, 1.807) is 24.3 Å². The monoisotopic (exact) mass is 316 g/mol. The highest BCUT2D eigenvalue weighted by atomic mass is 35.5. The summed E-state index contributed by atoms with van der Waals surface area (Å²) in [7, 11) is -1.22. The fourth-order valence-corrected chi connectivity index (χ4v) is 3.92. The quantitative estimate of drug-likeness (QED) is 0.905. The second-order valence-electron chi connectivity index (χ2n) is 5.45. The summed E-state index contributed by atoms with van der Waals surface area (Å²) < 4.78 is 26.9. The van der Waals surface area contributed by atoms with Crippen molar-refractivity contribution in [3.8, 4) is 0 Å². The lowest BCUT2D eigenvalue weighted by Crippen LogP contribution is -2.37. The van der Waals surface area contributed by atoms with Gasteiger partial charge in [0, 0.05) is 11.6 Å². The van der Waals surface area contributed by atoms with Gasteiger partial charge in [0.15, 0.2) is 0 Å². The van der Waals surface area contributed by atoms with Crippen LogP contribution in [0.1, 0.15) is 18.4 Å². The summed E-state index contributed by atoms with van der Waals surface area (Å²) in [6.07, 6.45) is 2.09. The maximum Gasteiger partial charge on any atom is 0.215 e. The Morgan fingerprint density at radius 3 is 2.60 bits per heavy atom. The molecule has 0 saturated carbocycles. The molecule has 1 aromatic carbocycles. The SMILES string of the molecule is CN1CCC(CNS(=O)(=O)Cc2ccccc2Cl)CC1. The van der Waals surface area contributed by atoms with E-state index >= 15 is 0 Å². The van der Waals surface area contributed by atoms with Crippen LogP contribution in [0, 0.1) is 5.92 Å². The number of nitrogens with one attached hydrogen (secondary N) is 1. The van der Waals surface area contributed by atoms with Crippen LogP contribution in [0.3, 0.4) is 0 Å². The summed E-state index contributed by atoms with van der Waals surface area (Å²) in [4.78, 5) is 2.27. The van der Waals surface area contributed by atoms with Crippen LogP contribution in [0.15, 0.2) is 24.3 Å². The lowest BCUT2D eigenvalue weighted by molar-refractivity contribution is 0.220. The largest absolute Gasteiger partial charge is 0.306 e. The molecule has 4 nitrogen and oxygen atoms in total. The summed E-state index contributed by atoms with van der Waals surface area (Å²) >= 11 is 6.00. The molecule has 1 aromatic rings. The molecule has 20 heavy (non-hydrogen) atoms. The van der Waals surface area contributed by atoms with Crippen molar-refractivity contribution in [2.75, 3.05) is 26.7 Å². The number of rotatable bonds is 5. The van der Waals surface area contributed by atoms with Gasteiger partial charge in [0.2, 0.25) is 10.0 Å². The summed E-state index contributed by atoms with van der Waals surface area (Å²) in [5.41, 5.74) is 0.644. The van der Waals surface area contributed by atoms with Gasteiger partial charge in [-0.25, -0.2) is 13.1 Å². The van der Waals surface area contributed by atoms with Crippen molar-refractivity contribution >= 4 is 21.6 Å². The van der Waals surface area contributed by atoms with E-state index in [1.165, 1.54) is 0 Å². The Kier molecular flexibility index (Phi) is 5.43. The number of hydrogen-bond donors (Lipinski definition) is 1. The first-order valence-corrected chi connectivity index (χ1v) is 8.88. The van der Waals surface area contributed by atoms with Crippen molar-refractivity contribution in [2.45, 2.75) is 18.6 Å². The van der Waals surface area contributed by atoms with Gasteiger partial charge >= 0.3 is 0 Å². The Hall–Kier alpha value is -0.620. The Morgan fingerprint density at radius 1 is 1.30 bits per heavy atom. The second-order valence-corrected chi connectivity index (χ2v) is 7.66. The lowest BCUT2D eigenvalue weighted by atomic mass is 9.98. The Labute approximate surface area is 126 Å². The number of sulfonamides is 1. The highest BCUT2D eigenvalue weighted by molar-refractivity contribution is 7.88. The molecule has 0 aliphatic carbocycles. The van der Waals surface area contributed by atoms with Crippen LogP contribution in [0.2, 0.25) is 5.02 Å². The van der Waals surface area contributed by atoms with Crippen molar-refractivity contribution in [3.63, 3.8) is 0 Å². The number of piperidine rings is 1. The first-order valence-electron chi connectivity index (χ1n) is 6.85. The van der Waals surface area contributed by atoms with Gasteiger partial charge in [-0.2, -0.15) is 0 Å². The van der Waals surface area contributed by atoms with Crippen LogP contribution >= 0.6 is 11.6 Å².